The van der Waals surface area contributed by atoms with Gasteiger partial charge in [0.15, 0.2) is 4.90 Å². The number of hydrogen-bond donors (Lipinski definition) is 2. The van der Waals surface area contributed by atoms with Gasteiger partial charge in [-0.05, 0) is 24.3 Å². The minimum absolute atomic E-state index is 0.0816. The first kappa shape index (κ1) is 14.5. The molecule has 0 spiro atoms. The zero-order chi connectivity index (χ0) is 13.5. The average molecular weight is 298 g/mol. The van der Waals surface area contributed by atoms with Gasteiger partial charge in [0.25, 0.3) is 0 Å². The minimum Gasteiger partial charge on any atom is -0.590 e. The highest BCUT2D eigenvalue weighted by atomic mass is 32.5. The summed E-state index contributed by atoms with van der Waals surface area (Å²) < 4.78 is 72.2. The molecule has 0 saturated carbocycles. The van der Waals surface area contributed by atoms with Crippen molar-refractivity contribution < 1.29 is 29.2 Å². The third-order valence-electron chi connectivity index (χ3n) is 1.64. The van der Waals surface area contributed by atoms with Crippen molar-refractivity contribution in [2.45, 2.75) is 9.79 Å². The number of nitrogens with two attached hydrogens (primary N) is 1. The molecule has 0 aliphatic heterocycles. The van der Waals surface area contributed by atoms with Crippen molar-refractivity contribution in [3.05, 3.63) is 24.3 Å². The molecule has 1 unspecified atom stereocenters. The van der Waals surface area contributed by atoms with Crippen LogP contribution in [0.25, 0.3) is 0 Å². The molecule has 100 valence electrons. The van der Waals surface area contributed by atoms with Crippen LogP contribution in [0.2, 0.25) is 0 Å². The van der Waals surface area contributed by atoms with Crippen molar-refractivity contribution in [1.82, 2.24) is 4.58 Å². The van der Waals surface area contributed by atoms with E-state index in [2.05, 4.69) is 5.84 Å². The van der Waals surface area contributed by atoms with Gasteiger partial charge < -0.3 is 4.55 Å². The predicted molar refractivity (Wildman–Crippen MR) is 52.1 cm³/mol. The Labute approximate surface area is 95.8 Å². The largest absolute Gasteiger partial charge is 0.590 e. The van der Waals surface area contributed by atoms with Crippen molar-refractivity contribution in [3.63, 3.8) is 0 Å². The standard InChI is InChI=1S/C6H7F5N2O2S2/c7-17(8,9,10,11)6-3-1-5(2-4-6)16(15)13(12)14/h1-4,14H,12H2. The van der Waals surface area contributed by atoms with E-state index in [4.69, 9.17) is 5.21 Å². The monoisotopic (exact) mass is 298 g/mol. The molecule has 17 heavy (non-hydrogen) atoms. The van der Waals surface area contributed by atoms with Gasteiger partial charge in [-0.25, -0.2) is 5.84 Å². The zero-order valence-electron chi connectivity index (χ0n) is 7.90. The summed E-state index contributed by atoms with van der Waals surface area (Å²) in [4.78, 5) is -2.45. The van der Waals surface area contributed by atoms with Crippen LogP contribution in [0.5, 0.6) is 0 Å². The van der Waals surface area contributed by atoms with Gasteiger partial charge in [-0.3, -0.25) is 5.21 Å². The van der Waals surface area contributed by atoms with Gasteiger partial charge >= 0.3 is 10.2 Å². The maximum absolute atomic E-state index is 12.3. The van der Waals surface area contributed by atoms with E-state index in [0.717, 1.165) is 0 Å². The van der Waals surface area contributed by atoms with E-state index in [1.807, 2.05) is 0 Å². The van der Waals surface area contributed by atoms with Crippen molar-refractivity contribution >= 4 is 21.6 Å². The van der Waals surface area contributed by atoms with Gasteiger partial charge in [0, 0.05) is 0 Å². The number of hydrogen-bond acceptors (Lipinski definition) is 4. The Morgan fingerprint density at radius 1 is 1.12 bits per heavy atom. The summed E-state index contributed by atoms with van der Waals surface area (Å²) in [5.74, 6) is 4.67. The Bertz CT molecular complexity index is 419. The molecule has 0 aromatic heterocycles. The van der Waals surface area contributed by atoms with E-state index in [-0.39, 0.29) is 21.6 Å². The highest BCUT2D eigenvalue weighted by Crippen LogP contribution is 3.02. The molecule has 4 nitrogen and oxygen atoms in total. The number of rotatable bonds is 3. The average Bonchev–Trinajstić information content (AvgIpc) is 2.13. The third-order valence-corrected chi connectivity index (χ3v) is 3.82. The second-order valence-corrected chi connectivity index (χ2v) is 6.75. The second-order valence-electron chi connectivity index (χ2n) is 2.99. The molecule has 1 aromatic rings. The number of nitrogens with zero attached hydrogens (tertiary/aromatic N) is 1. The molecule has 0 fully saturated rings. The number of halogens is 5. The molecule has 0 aliphatic carbocycles. The fourth-order valence-electron chi connectivity index (χ4n) is 0.921. The van der Waals surface area contributed by atoms with E-state index in [1.54, 1.807) is 0 Å². The summed E-state index contributed by atoms with van der Waals surface area (Å²) in [7, 11) is -9.73. The predicted octanol–water partition coefficient (Wildman–Crippen LogP) is 2.93. The SMILES string of the molecule is NN(O)[S+]([O-])c1ccc(S(F)(F)(F)(F)F)cc1. The van der Waals surface area contributed by atoms with Gasteiger partial charge in [-0.1, -0.05) is 19.4 Å². The summed E-state index contributed by atoms with van der Waals surface area (Å²) in [5.41, 5.74) is 0. The Morgan fingerprint density at radius 3 is 1.82 bits per heavy atom. The van der Waals surface area contributed by atoms with Crippen LogP contribution in [-0.4, -0.2) is 14.3 Å². The Hall–Kier alpha value is -0.590. The van der Waals surface area contributed by atoms with Crippen LogP contribution < -0.4 is 5.84 Å². The van der Waals surface area contributed by atoms with E-state index in [1.165, 1.54) is 0 Å². The van der Waals surface area contributed by atoms with Crippen LogP contribution in [0, 0.1) is 0 Å². The highest BCUT2D eigenvalue weighted by Gasteiger charge is 2.65. The summed E-state index contributed by atoms with van der Waals surface area (Å²) >= 11 is -2.33. The van der Waals surface area contributed by atoms with Crippen molar-refractivity contribution in [2.75, 3.05) is 0 Å². The molecule has 3 N–H and O–H groups in total. The first-order valence-corrected chi connectivity index (χ1v) is 6.87. The molecule has 1 aromatic carbocycles. The van der Waals surface area contributed by atoms with Crippen molar-refractivity contribution in [1.29, 1.82) is 0 Å². The molecule has 0 radical (unpaired) electrons. The van der Waals surface area contributed by atoms with Gasteiger partial charge in [-0.2, -0.15) is 0 Å². The molecule has 0 amide bonds. The van der Waals surface area contributed by atoms with Crippen LogP contribution in [-0.2, 0) is 11.4 Å². The Balaban J connectivity index is 3.15. The van der Waals surface area contributed by atoms with Crippen LogP contribution in [0.3, 0.4) is 0 Å². The van der Waals surface area contributed by atoms with Crippen LogP contribution >= 0.6 is 10.2 Å². The molecule has 11 heteroatoms. The molecule has 0 aliphatic rings. The minimum atomic E-state index is -9.73. The fourth-order valence-corrected chi connectivity index (χ4v) is 2.16. The molecule has 0 bridgehead atoms. The second kappa shape index (κ2) is 3.46. The normalized spacial score (nSPS) is 18.6. The summed E-state index contributed by atoms with van der Waals surface area (Å²) in [6.07, 6.45) is 0. The van der Waals surface area contributed by atoms with Crippen LogP contribution in [0.1, 0.15) is 0 Å². The smallest absolute Gasteiger partial charge is 0.310 e. The summed E-state index contributed by atoms with van der Waals surface area (Å²) in [6.45, 7) is 0. The number of benzene rings is 1. The maximum atomic E-state index is 12.3. The Kier molecular flexibility index (Phi) is 2.95. The molecule has 0 heterocycles. The lowest BCUT2D eigenvalue weighted by Crippen LogP contribution is -2.33. The van der Waals surface area contributed by atoms with Gasteiger partial charge in [0.1, 0.15) is 16.3 Å². The van der Waals surface area contributed by atoms with Gasteiger partial charge in [0.05, 0.1) is 4.58 Å². The lowest BCUT2D eigenvalue weighted by Gasteiger charge is -2.40. The van der Waals surface area contributed by atoms with E-state index < -0.39 is 26.5 Å². The third kappa shape index (κ3) is 3.69. The molecule has 1 atom stereocenters. The quantitative estimate of drug-likeness (QED) is 0.389. The highest BCUT2D eigenvalue weighted by molar-refractivity contribution is 8.45. The first-order chi connectivity index (χ1) is 7.31. The van der Waals surface area contributed by atoms with Gasteiger partial charge in [-0.15, -0.1) is 0 Å². The fraction of sp³-hybridized carbons (Fsp3) is 0. The zero-order valence-corrected chi connectivity index (χ0v) is 9.53. The molecular weight excluding hydrogens is 291 g/mol. The topological polar surface area (TPSA) is 72.5 Å². The van der Waals surface area contributed by atoms with Gasteiger partial charge in [0.2, 0.25) is 0 Å². The van der Waals surface area contributed by atoms with Crippen molar-refractivity contribution in [2.24, 2.45) is 5.84 Å². The van der Waals surface area contributed by atoms with E-state index in [0.29, 0.717) is 12.1 Å². The first-order valence-electron chi connectivity index (χ1n) is 3.81. The summed E-state index contributed by atoms with van der Waals surface area (Å²) in [5, 5.41) is 8.55. The lowest BCUT2D eigenvalue weighted by atomic mass is 10.4. The van der Waals surface area contributed by atoms with Crippen LogP contribution in [0.4, 0.5) is 19.4 Å². The molecule has 1 rings (SSSR count). The molecule has 0 saturated heterocycles. The van der Waals surface area contributed by atoms with Crippen LogP contribution in [0.15, 0.2) is 34.1 Å². The van der Waals surface area contributed by atoms with E-state index >= 15 is 0 Å². The number of hydrazine groups is 1. The Morgan fingerprint density at radius 2 is 1.53 bits per heavy atom. The summed E-state index contributed by atoms with van der Waals surface area (Å²) in [6, 6.07) is 1.25. The molecular formula is C6H7F5N2O2S2. The van der Waals surface area contributed by atoms with Crippen molar-refractivity contribution in [3.8, 4) is 0 Å². The maximum Gasteiger partial charge on any atom is 0.310 e. The lowest BCUT2D eigenvalue weighted by molar-refractivity contribution is 0.00248. The van der Waals surface area contributed by atoms with E-state index in [9.17, 15) is 24.0 Å².